The Labute approximate surface area is 170 Å². The van der Waals surface area contributed by atoms with E-state index in [0.717, 1.165) is 42.4 Å². The lowest BCUT2D eigenvalue weighted by atomic mass is 9.78. The molecule has 0 heterocycles. The molecule has 0 aromatic heterocycles. The fraction of sp³-hybridized carbons (Fsp3) is 0.696. The monoisotopic (exact) mass is 396 g/mol. The van der Waals surface area contributed by atoms with Gasteiger partial charge < -0.3 is 20.4 Å². The molecule has 0 amide bonds. The standard InChI is InChI=1S/C17H26O3.C6H14O2/c1-16(2,3)12-9-11(7-8-14(18)19)10-13(15(12)20)17(4,5)6;7-5-3-1-2-4-6-8/h9-10,20H,7-8H2,1-6H3,(H,18,19);7-8H,1-6H2. The highest BCUT2D eigenvalue weighted by molar-refractivity contribution is 5.67. The minimum absolute atomic E-state index is 0.109. The number of aryl methyl sites for hydroxylation is 1. The Bertz CT molecular complexity index is 553. The molecule has 0 aliphatic heterocycles. The molecule has 0 aliphatic carbocycles. The predicted octanol–water partition coefficient (Wildman–Crippen LogP) is 4.54. The van der Waals surface area contributed by atoms with Crippen molar-refractivity contribution in [2.45, 2.75) is 90.9 Å². The van der Waals surface area contributed by atoms with Crippen molar-refractivity contribution in [3.05, 3.63) is 28.8 Å². The van der Waals surface area contributed by atoms with Gasteiger partial charge in [-0.3, -0.25) is 4.79 Å². The Hall–Kier alpha value is -1.59. The average molecular weight is 397 g/mol. The van der Waals surface area contributed by atoms with Crippen LogP contribution in [0.4, 0.5) is 0 Å². The van der Waals surface area contributed by atoms with Gasteiger partial charge in [0.25, 0.3) is 0 Å². The van der Waals surface area contributed by atoms with Crippen LogP contribution in [0.3, 0.4) is 0 Å². The molecule has 1 aromatic rings. The van der Waals surface area contributed by atoms with Gasteiger partial charge in [-0.2, -0.15) is 0 Å². The molecule has 5 nitrogen and oxygen atoms in total. The van der Waals surface area contributed by atoms with Crippen molar-refractivity contribution in [2.75, 3.05) is 13.2 Å². The number of hydrogen-bond acceptors (Lipinski definition) is 4. The molecule has 28 heavy (non-hydrogen) atoms. The summed E-state index contributed by atoms with van der Waals surface area (Å²) in [5.74, 6) is -0.461. The van der Waals surface area contributed by atoms with E-state index in [1.165, 1.54) is 0 Å². The molecule has 0 radical (unpaired) electrons. The average Bonchev–Trinajstić information content (AvgIpc) is 2.56. The Kier molecular flexibility index (Phi) is 11.4. The van der Waals surface area contributed by atoms with Gasteiger partial charge in [-0.25, -0.2) is 0 Å². The summed E-state index contributed by atoms with van der Waals surface area (Å²) in [6.07, 6.45) is 4.42. The molecule has 1 aromatic carbocycles. The quantitative estimate of drug-likeness (QED) is 0.484. The first kappa shape index (κ1) is 26.4. The number of aliphatic carboxylic acids is 1. The number of aliphatic hydroxyl groups is 2. The number of carbonyl (C=O) groups is 1. The third-order valence-corrected chi connectivity index (χ3v) is 4.48. The molecule has 0 saturated heterocycles. The molecule has 0 unspecified atom stereocenters. The van der Waals surface area contributed by atoms with Crippen molar-refractivity contribution < 1.29 is 25.2 Å². The minimum atomic E-state index is -0.798. The SMILES string of the molecule is CC(C)(C)c1cc(CCC(=O)O)cc(C(C)(C)C)c1O.OCCCCCCO. The topological polar surface area (TPSA) is 98.0 Å². The molecule has 0 fully saturated rings. The Morgan fingerprint density at radius 2 is 1.21 bits per heavy atom. The van der Waals surface area contributed by atoms with Crippen molar-refractivity contribution in [3.8, 4) is 5.75 Å². The highest BCUT2D eigenvalue weighted by Crippen LogP contribution is 2.39. The summed E-state index contributed by atoms with van der Waals surface area (Å²) >= 11 is 0. The number of benzene rings is 1. The molecule has 4 N–H and O–H groups in total. The third kappa shape index (κ3) is 10.1. The van der Waals surface area contributed by atoms with Crippen LogP contribution in [0.1, 0.15) is 90.3 Å². The summed E-state index contributed by atoms with van der Waals surface area (Å²) in [4.78, 5) is 10.8. The number of phenols is 1. The summed E-state index contributed by atoms with van der Waals surface area (Å²) in [5.41, 5.74) is 2.38. The van der Waals surface area contributed by atoms with Crippen molar-refractivity contribution in [1.29, 1.82) is 0 Å². The lowest BCUT2D eigenvalue weighted by molar-refractivity contribution is -0.136. The van der Waals surface area contributed by atoms with Crippen molar-refractivity contribution in [1.82, 2.24) is 0 Å². The van der Waals surface area contributed by atoms with Gasteiger partial charge in [0.2, 0.25) is 0 Å². The molecule has 0 spiro atoms. The van der Waals surface area contributed by atoms with Crippen LogP contribution in [0.2, 0.25) is 0 Å². The summed E-state index contributed by atoms with van der Waals surface area (Å²) < 4.78 is 0. The van der Waals surface area contributed by atoms with E-state index >= 15 is 0 Å². The second-order valence-electron chi connectivity index (χ2n) is 9.29. The highest BCUT2D eigenvalue weighted by Gasteiger charge is 2.26. The summed E-state index contributed by atoms with van der Waals surface area (Å²) in [6.45, 7) is 12.9. The number of rotatable bonds is 8. The lowest BCUT2D eigenvalue weighted by Gasteiger charge is -2.28. The number of aliphatic hydroxyl groups excluding tert-OH is 2. The van der Waals surface area contributed by atoms with E-state index in [0.29, 0.717) is 12.2 Å². The maximum absolute atomic E-state index is 10.8. The van der Waals surface area contributed by atoms with Crippen molar-refractivity contribution in [3.63, 3.8) is 0 Å². The molecule has 162 valence electrons. The molecule has 0 saturated carbocycles. The summed E-state index contributed by atoms with van der Waals surface area (Å²) in [5, 5.41) is 36.0. The van der Waals surface area contributed by atoms with Crippen LogP contribution in [0.5, 0.6) is 5.75 Å². The van der Waals surface area contributed by atoms with Crippen LogP contribution in [0.15, 0.2) is 12.1 Å². The van der Waals surface area contributed by atoms with Gasteiger partial charge >= 0.3 is 5.97 Å². The van der Waals surface area contributed by atoms with Gasteiger partial charge in [-0.1, -0.05) is 66.5 Å². The molecule has 1 rings (SSSR count). The largest absolute Gasteiger partial charge is 0.507 e. The lowest BCUT2D eigenvalue weighted by Crippen LogP contribution is -2.18. The van der Waals surface area contributed by atoms with Crippen LogP contribution >= 0.6 is 0 Å². The number of unbranched alkanes of at least 4 members (excludes halogenated alkanes) is 3. The van der Waals surface area contributed by atoms with E-state index in [2.05, 4.69) is 41.5 Å². The maximum Gasteiger partial charge on any atom is 0.303 e. The summed E-state index contributed by atoms with van der Waals surface area (Å²) in [6, 6.07) is 3.88. The van der Waals surface area contributed by atoms with Gasteiger partial charge in [0, 0.05) is 19.6 Å². The van der Waals surface area contributed by atoms with Crippen molar-refractivity contribution in [2.24, 2.45) is 0 Å². The fourth-order valence-electron chi connectivity index (χ4n) is 2.81. The first-order valence-electron chi connectivity index (χ1n) is 10.1. The van der Waals surface area contributed by atoms with Crippen LogP contribution in [-0.4, -0.2) is 39.6 Å². The number of hydrogen-bond donors (Lipinski definition) is 4. The predicted molar refractivity (Wildman–Crippen MR) is 114 cm³/mol. The van der Waals surface area contributed by atoms with Gasteiger partial charge in [0.1, 0.15) is 5.75 Å². The fourth-order valence-corrected chi connectivity index (χ4v) is 2.81. The van der Waals surface area contributed by atoms with Crippen LogP contribution in [0, 0.1) is 0 Å². The smallest absolute Gasteiger partial charge is 0.303 e. The minimum Gasteiger partial charge on any atom is -0.507 e. The zero-order chi connectivity index (χ0) is 22.0. The van der Waals surface area contributed by atoms with Crippen LogP contribution in [-0.2, 0) is 22.0 Å². The van der Waals surface area contributed by atoms with E-state index in [9.17, 15) is 9.90 Å². The number of aromatic hydroxyl groups is 1. The molecule has 5 heteroatoms. The van der Waals surface area contributed by atoms with Gasteiger partial charge in [0.05, 0.1) is 0 Å². The molecular formula is C23H40O5. The maximum atomic E-state index is 10.8. The van der Waals surface area contributed by atoms with E-state index < -0.39 is 5.97 Å². The first-order chi connectivity index (χ1) is 12.8. The molecule has 0 bridgehead atoms. The zero-order valence-electron chi connectivity index (χ0n) is 18.5. The van der Waals surface area contributed by atoms with Crippen molar-refractivity contribution >= 4 is 5.97 Å². The third-order valence-electron chi connectivity index (χ3n) is 4.48. The van der Waals surface area contributed by atoms with Crippen LogP contribution < -0.4 is 0 Å². The van der Waals surface area contributed by atoms with E-state index in [-0.39, 0.29) is 30.5 Å². The number of carboxylic acid groups (broad SMARTS) is 1. The summed E-state index contributed by atoms with van der Waals surface area (Å²) in [7, 11) is 0. The Balaban J connectivity index is 0.000000769. The Morgan fingerprint density at radius 3 is 1.50 bits per heavy atom. The normalized spacial score (nSPS) is 11.7. The first-order valence-corrected chi connectivity index (χ1v) is 10.1. The second-order valence-corrected chi connectivity index (χ2v) is 9.29. The van der Waals surface area contributed by atoms with E-state index in [1.807, 2.05) is 12.1 Å². The van der Waals surface area contributed by atoms with Gasteiger partial charge in [-0.05, 0) is 46.8 Å². The number of carboxylic acids is 1. The van der Waals surface area contributed by atoms with E-state index in [4.69, 9.17) is 15.3 Å². The highest BCUT2D eigenvalue weighted by atomic mass is 16.4. The zero-order valence-corrected chi connectivity index (χ0v) is 18.5. The van der Waals surface area contributed by atoms with Gasteiger partial charge in [-0.15, -0.1) is 0 Å². The number of phenolic OH excluding ortho intramolecular Hbond substituents is 1. The second kappa shape index (κ2) is 12.1. The molecular weight excluding hydrogens is 356 g/mol. The van der Waals surface area contributed by atoms with E-state index in [1.54, 1.807) is 0 Å². The van der Waals surface area contributed by atoms with Crippen LogP contribution in [0.25, 0.3) is 0 Å². The molecule has 0 atom stereocenters. The molecule has 0 aliphatic rings. The Morgan fingerprint density at radius 1 is 0.821 bits per heavy atom. The van der Waals surface area contributed by atoms with Gasteiger partial charge in [0.15, 0.2) is 0 Å².